The zero-order valence-corrected chi connectivity index (χ0v) is 10.2. The second kappa shape index (κ2) is 5.18. The van der Waals surface area contributed by atoms with Crippen LogP contribution in [-0.4, -0.2) is 36.7 Å². The van der Waals surface area contributed by atoms with Gasteiger partial charge in [-0.1, -0.05) is 13.0 Å². The monoisotopic (exact) mass is 249 g/mol. The highest BCUT2D eigenvalue weighted by atomic mass is 16.5. The van der Waals surface area contributed by atoms with E-state index >= 15 is 0 Å². The minimum Gasteiger partial charge on any atom is -0.478 e. The Kier molecular flexibility index (Phi) is 3.62. The summed E-state index contributed by atoms with van der Waals surface area (Å²) >= 11 is 0. The van der Waals surface area contributed by atoms with Gasteiger partial charge in [0.25, 0.3) is 5.91 Å². The van der Waals surface area contributed by atoms with Gasteiger partial charge < -0.3 is 14.7 Å². The maximum Gasteiger partial charge on any atom is 0.337 e. The minimum atomic E-state index is -1.01. The molecule has 96 valence electrons. The fourth-order valence-corrected chi connectivity index (χ4v) is 1.98. The summed E-state index contributed by atoms with van der Waals surface area (Å²) in [5.74, 6) is -1.22. The normalized spacial score (nSPS) is 15.8. The van der Waals surface area contributed by atoms with Crippen molar-refractivity contribution in [3.05, 3.63) is 29.3 Å². The number of amides is 1. The Morgan fingerprint density at radius 1 is 1.50 bits per heavy atom. The maximum absolute atomic E-state index is 11.7. The van der Waals surface area contributed by atoms with Gasteiger partial charge >= 0.3 is 5.97 Å². The predicted molar refractivity (Wildman–Crippen MR) is 66.0 cm³/mol. The summed E-state index contributed by atoms with van der Waals surface area (Å²) in [7, 11) is 0. The Balaban J connectivity index is 2.42. The number of rotatable bonds is 3. The first-order valence-electron chi connectivity index (χ1n) is 5.87. The number of nitrogens with zero attached hydrogens (tertiary/aromatic N) is 1. The van der Waals surface area contributed by atoms with Crippen molar-refractivity contribution >= 4 is 17.6 Å². The predicted octanol–water partition coefficient (Wildman–Crippen LogP) is 1.31. The van der Waals surface area contributed by atoms with Crippen molar-refractivity contribution in [1.29, 1.82) is 0 Å². The highest BCUT2D eigenvalue weighted by molar-refractivity contribution is 6.02. The molecule has 1 amide bonds. The van der Waals surface area contributed by atoms with Crippen LogP contribution in [0.3, 0.4) is 0 Å². The van der Waals surface area contributed by atoms with Gasteiger partial charge in [-0.25, -0.2) is 4.79 Å². The molecule has 1 aromatic rings. The lowest BCUT2D eigenvalue weighted by atomic mass is 10.1. The molecule has 1 saturated heterocycles. The number of carbonyl (C=O) groups is 2. The lowest BCUT2D eigenvalue weighted by Crippen LogP contribution is -2.42. The lowest BCUT2D eigenvalue weighted by Gasteiger charge is -2.28. The Labute approximate surface area is 105 Å². The molecule has 0 aliphatic carbocycles. The summed E-state index contributed by atoms with van der Waals surface area (Å²) in [5, 5.41) is 9.23. The average molecular weight is 249 g/mol. The molecule has 0 radical (unpaired) electrons. The van der Waals surface area contributed by atoms with Crippen LogP contribution in [0.5, 0.6) is 0 Å². The maximum atomic E-state index is 11.7. The van der Waals surface area contributed by atoms with Gasteiger partial charge in [0.05, 0.1) is 17.9 Å². The summed E-state index contributed by atoms with van der Waals surface area (Å²) in [6, 6.07) is 5.18. The molecule has 1 aliphatic rings. The molecule has 5 nitrogen and oxygen atoms in total. The number of hydrogen-bond acceptors (Lipinski definition) is 3. The highest BCUT2D eigenvalue weighted by Crippen LogP contribution is 2.24. The number of anilines is 1. The van der Waals surface area contributed by atoms with E-state index in [1.807, 2.05) is 13.0 Å². The largest absolute Gasteiger partial charge is 0.478 e. The van der Waals surface area contributed by atoms with Gasteiger partial charge in [-0.15, -0.1) is 0 Å². The zero-order valence-electron chi connectivity index (χ0n) is 10.2. The second-order valence-electron chi connectivity index (χ2n) is 4.11. The van der Waals surface area contributed by atoms with Crippen molar-refractivity contribution in [1.82, 2.24) is 0 Å². The Hall–Kier alpha value is -1.88. The van der Waals surface area contributed by atoms with Crippen LogP contribution in [0.2, 0.25) is 0 Å². The number of carboxylic acids is 1. The minimum absolute atomic E-state index is 0.00852. The van der Waals surface area contributed by atoms with E-state index in [1.54, 1.807) is 12.1 Å². The molecule has 0 unspecified atom stereocenters. The Morgan fingerprint density at radius 3 is 2.89 bits per heavy atom. The molecule has 1 N–H and O–H groups in total. The summed E-state index contributed by atoms with van der Waals surface area (Å²) < 4.78 is 5.04. The number of morpholine rings is 1. The fraction of sp³-hybridized carbons (Fsp3) is 0.385. The zero-order chi connectivity index (χ0) is 13.1. The van der Waals surface area contributed by atoms with Crippen molar-refractivity contribution < 1.29 is 19.4 Å². The summed E-state index contributed by atoms with van der Waals surface area (Å²) in [4.78, 5) is 24.5. The standard InChI is InChI=1S/C13H15NO4/c1-2-9-3-4-11(10(7-9)13(16)17)14-5-6-18-8-12(14)15/h3-4,7H,2,5-6,8H2,1H3,(H,16,17). The third-order valence-corrected chi connectivity index (χ3v) is 2.98. The van der Waals surface area contributed by atoms with Crippen LogP contribution in [0.15, 0.2) is 18.2 Å². The number of aryl methyl sites for hydroxylation is 1. The molecule has 5 heteroatoms. The van der Waals surface area contributed by atoms with Gasteiger partial charge in [-0.2, -0.15) is 0 Å². The van der Waals surface area contributed by atoms with Crippen molar-refractivity contribution in [2.24, 2.45) is 0 Å². The SMILES string of the molecule is CCc1ccc(N2CCOCC2=O)c(C(=O)O)c1. The smallest absolute Gasteiger partial charge is 0.337 e. The number of ether oxygens (including phenoxy) is 1. The van der Waals surface area contributed by atoms with E-state index in [1.165, 1.54) is 4.90 Å². The topological polar surface area (TPSA) is 66.8 Å². The van der Waals surface area contributed by atoms with E-state index in [0.29, 0.717) is 18.8 Å². The van der Waals surface area contributed by atoms with E-state index in [4.69, 9.17) is 4.74 Å². The summed E-state index contributed by atoms with van der Waals surface area (Å²) in [6.45, 7) is 2.79. The first-order valence-corrected chi connectivity index (χ1v) is 5.87. The first-order chi connectivity index (χ1) is 8.63. The highest BCUT2D eigenvalue weighted by Gasteiger charge is 2.24. The summed E-state index contributed by atoms with van der Waals surface area (Å²) in [5.41, 5.74) is 1.56. The van der Waals surface area contributed by atoms with Gasteiger partial charge in [-0.3, -0.25) is 4.79 Å². The molecular weight excluding hydrogens is 234 g/mol. The van der Waals surface area contributed by atoms with Crippen LogP contribution in [0.25, 0.3) is 0 Å². The van der Waals surface area contributed by atoms with Gasteiger partial charge in [0.2, 0.25) is 0 Å². The molecule has 1 fully saturated rings. The lowest BCUT2D eigenvalue weighted by molar-refractivity contribution is -0.125. The van der Waals surface area contributed by atoms with Gasteiger partial charge in [0.1, 0.15) is 6.61 Å². The quantitative estimate of drug-likeness (QED) is 0.877. The molecule has 2 rings (SSSR count). The van der Waals surface area contributed by atoms with Crippen LogP contribution < -0.4 is 4.90 Å². The summed E-state index contributed by atoms with van der Waals surface area (Å²) in [6.07, 6.45) is 0.762. The van der Waals surface area contributed by atoms with Crippen LogP contribution in [0.1, 0.15) is 22.8 Å². The van der Waals surface area contributed by atoms with Crippen LogP contribution in [0.4, 0.5) is 5.69 Å². The van der Waals surface area contributed by atoms with E-state index in [0.717, 1.165) is 12.0 Å². The molecule has 18 heavy (non-hydrogen) atoms. The van der Waals surface area contributed by atoms with E-state index in [2.05, 4.69) is 0 Å². The third-order valence-electron chi connectivity index (χ3n) is 2.98. The van der Waals surface area contributed by atoms with Crippen molar-refractivity contribution in [3.8, 4) is 0 Å². The molecule has 0 bridgehead atoms. The third kappa shape index (κ3) is 2.36. The number of aromatic carboxylic acids is 1. The van der Waals surface area contributed by atoms with Crippen LogP contribution in [-0.2, 0) is 16.0 Å². The molecule has 0 saturated carbocycles. The second-order valence-corrected chi connectivity index (χ2v) is 4.11. The molecule has 0 aromatic heterocycles. The van der Waals surface area contributed by atoms with E-state index in [-0.39, 0.29) is 18.1 Å². The number of carbonyl (C=O) groups excluding carboxylic acids is 1. The fourth-order valence-electron chi connectivity index (χ4n) is 1.98. The molecule has 1 aromatic carbocycles. The van der Waals surface area contributed by atoms with Crippen LogP contribution >= 0.6 is 0 Å². The first kappa shape index (κ1) is 12.6. The number of hydrogen-bond donors (Lipinski definition) is 1. The van der Waals surface area contributed by atoms with Gasteiger partial charge in [-0.05, 0) is 24.1 Å². The molecular formula is C13H15NO4. The van der Waals surface area contributed by atoms with E-state index in [9.17, 15) is 14.7 Å². The molecule has 0 spiro atoms. The van der Waals surface area contributed by atoms with Gasteiger partial charge in [0.15, 0.2) is 0 Å². The van der Waals surface area contributed by atoms with Crippen molar-refractivity contribution in [2.75, 3.05) is 24.7 Å². The molecule has 1 heterocycles. The van der Waals surface area contributed by atoms with Crippen molar-refractivity contribution in [2.45, 2.75) is 13.3 Å². The number of benzene rings is 1. The van der Waals surface area contributed by atoms with Gasteiger partial charge in [0, 0.05) is 6.54 Å². The number of carboxylic acid groups (broad SMARTS) is 1. The average Bonchev–Trinajstić information content (AvgIpc) is 2.38. The Morgan fingerprint density at radius 2 is 2.28 bits per heavy atom. The van der Waals surface area contributed by atoms with Crippen LogP contribution in [0, 0.1) is 0 Å². The Bertz CT molecular complexity index is 484. The molecule has 1 aliphatic heterocycles. The van der Waals surface area contributed by atoms with Crippen molar-refractivity contribution in [3.63, 3.8) is 0 Å². The van der Waals surface area contributed by atoms with E-state index < -0.39 is 5.97 Å². The molecule has 0 atom stereocenters.